The molecule has 0 saturated heterocycles. The summed E-state index contributed by atoms with van der Waals surface area (Å²) in [5.41, 5.74) is 2.14. The fraction of sp³-hybridized carbons (Fsp3) is 0.375. The summed E-state index contributed by atoms with van der Waals surface area (Å²) in [7, 11) is 1.30. The Morgan fingerprint density at radius 3 is 1.67 bits per heavy atom. The number of alkyl carbamates (subject to hydrolysis) is 3. The molecule has 0 aliphatic rings. The number of hydrogen-bond acceptors (Lipinski definition) is 6. The highest BCUT2D eigenvalue weighted by Crippen LogP contribution is 2.16. The summed E-state index contributed by atoms with van der Waals surface area (Å²) in [6.45, 7) is 4.80. The van der Waals surface area contributed by atoms with Crippen molar-refractivity contribution < 1.29 is 28.6 Å². The SMILES string of the molecule is COC(=O)NCc1cccc(CNC(=O)OCC(C)(C)COC(=O)NCc2ccccc2)c1. The van der Waals surface area contributed by atoms with Crippen molar-refractivity contribution in [2.75, 3.05) is 20.3 Å². The molecule has 9 heteroatoms. The first kappa shape index (κ1) is 25.5. The Morgan fingerprint density at radius 2 is 1.15 bits per heavy atom. The van der Waals surface area contributed by atoms with Gasteiger partial charge >= 0.3 is 18.3 Å². The number of ether oxygens (including phenoxy) is 3. The minimum absolute atomic E-state index is 0.0773. The van der Waals surface area contributed by atoms with E-state index >= 15 is 0 Å². The molecule has 3 amide bonds. The van der Waals surface area contributed by atoms with Crippen LogP contribution in [0, 0.1) is 5.41 Å². The first-order valence-corrected chi connectivity index (χ1v) is 10.5. The number of carbonyl (C=O) groups is 3. The van der Waals surface area contributed by atoms with Crippen LogP contribution in [0.25, 0.3) is 0 Å². The monoisotopic (exact) mass is 457 g/mol. The second kappa shape index (κ2) is 12.9. The van der Waals surface area contributed by atoms with Crippen molar-refractivity contribution in [1.82, 2.24) is 16.0 Å². The van der Waals surface area contributed by atoms with Crippen LogP contribution in [0.5, 0.6) is 0 Å². The maximum Gasteiger partial charge on any atom is 0.407 e. The summed E-state index contributed by atoms with van der Waals surface area (Å²) in [6.07, 6.45) is -1.62. The first-order valence-electron chi connectivity index (χ1n) is 10.5. The second-order valence-electron chi connectivity index (χ2n) is 8.17. The number of rotatable bonds is 10. The van der Waals surface area contributed by atoms with E-state index in [2.05, 4.69) is 20.7 Å². The molecular formula is C24H31N3O6. The maximum atomic E-state index is 12.1. The lowest BCUT2D eigenvalue weighted by Crippen LogP contribution is -2.34. The smallest absolute Gasteiger partial charge is 0.407 e. The standard InChI is InChI=1S/C24H31N3O6/c1-24(2,16-32-22(29)26-13-18-8-5-4-6-9-18)17-33-23(30)27-15-20-11-7-10-19(12-20)14-25-21(28)31-3/h4-12H,13-17H2,1-3H3,(H,25,28)(H,26,29)(H,27,30). The fourth-order valence-corrected chi connectivity index (χ4v) is 2.71. The molecule has 0 atom stereocenters. The molecule has 0 bridgehead atoms. The van der Waals surface area contributed by atoms with Gasteiger partial charge in [0.1, 0.15) is 13.2 Å². The summed E-state index contributed by atoms with van der Waals surface area (Å²) in [6, 6.07) is 16.9. The molecule has 33 heavy (non-hydrogen) atoms. The van der Waals surface area contributed by atoms with Gasteiger partial charge in [-0.05, 0) is 16.7 Å². The van der Waals surface area contributed by atoms with Crippen LogP contribution in [-0.2, 0) is 33.8 Å². The lowest BCUT2D eigenvalue weighted by molar-refractivity contribution is 0.0463. The van der Waals surface area contributed by atoms with Gasteiger partial charge < -0.3 is 30.2 Å². The molecule has 2 rings (SSSR count). The second-order valence-corrected chi connectivity index (χ2v) is 8.17. The highest BCUT2D eigenvalue weighted by atomic mass is 16.6. The molecule has 2 aromatic rings. The zero-order valence-corrected chi connectivity index (χ0v) is 19.2. The highest BCUT2D eigenvalue weighted by Gasteiger charge is 2.23. The minimum Gasteiger partial charge on any atom is -0.453 e. The van der Waals surface area contributed by atoms with E-state index in [1.54, 1.807) is 0 Å². The van der Waals surface area contributed by atoms with Gasteiger partial charge in [-0.3, -0.25) is 0 Å². The molecule has 0 spiro atoms. The van der Waals surface area contributed by atoms with Gasteiger partial charge in [0.05, 0.1) is 7.11 Å². The summed E-state index contributed by atoms with van der Waals surface area (Å²) in [4.78, 5) is 35.2. The maximum absolute atomic E-state index is 12.1. The molecule has 3 N–H and O–H groups in total. The van der Waals surface area contributed by atoms with Crippen molar-refractivity contribution in [3.63, 3.8) is 0 Å². The van der Waals surface area contributed by atoms with Crippen LogP contribution in [0.3, 0.4) is 0 Å². The van der Waals surface area contributed by atoms with Crippen molar-refractivity contribution in [1.29, 1.82) is 0 Å². The van der Waals surface area contributed by atoms with Gasteiger partial charge in [0, 0.05) is 25.0 Å². The molecule has 2 aromatic carbocycles. The van der Waals surface area contributed by atoms with Crippen molar-refractivity contribution in [2.24, 2.45) is 5.41 Å². The van der Waals surface area contributed by atoms with Crippen LogP contribution in [0.2, 0.25) is 0 Å². The average molecular weight is 458 g/mol. The quantitative estimate of drug-likeness (QED) is 0.469. The van der Waals surface area contributed by atoms with E-state index in [1.807, 2.05) is 68.4 Å². The number of carbonyl (C=O) groups excluding carboxylic acids is 3. The molecule has 0 aliphatic carbocycles. The van der Waals surface area contributed by atoms with Crippen LogP contribution < -0.4 is 16.0 Å². The molecule has 9 nitrogen and oxygen atoms in total. The summed E-state index contributed by atoms with van der Waals surface area (Å²) >= 11 is 0. The Hall–Kier alpha value is -3.75. The topological polar surface area (TPSA) is 115 Å². The van der Waals surface area contributed by atoms with Gasteiger partial charge in [-0.25, -0.2) is 14.4 Å². The lowest BCUT2D eigenvalue weighted by Gasteiger charge is -2.23. The minimum atomic E-state index is -0.574. The molecule has 0 saturated carbocycles. The van der Waals surface area contributed by atoms with E-state index in [4.69, 9.17) is 9.47 Å². The summed E-state index contributed by atoms with van der Waals surface area (Å²) < 4.78 is 15.1. The lowest BCUT2D eigenvalue weighted by atomic mass is 9.96. The molecule has 0 heterocycles. The number of amides is 3. The summed E-state index contributed by atoms with van der Waals surface area (Å²) in [5.74, 6) is 0. The third-order valence-corrected chi connectivity index (χ3v) is 4.52. The highest BCUT2D eigenvalue weighted by molar-refractivity contribution is 5.68. The Morgan fingerprint density at radius 1 is 0.697 bits per heavy atom. The van der Waals surface area contributed by atoms with Crippen molar-refractivity contribution >= 4 is 18.3 Å². The molecule has 0 aliphatic heterocycles. The number of benzene rings is 2. The Balaban J connectivity index is 1.67. The van der Waals surface area contributed by atoms with Crippen LogP contribution in [0.15, 0.2) is 54.6 Å². The van der Waals surface area contributed by atoms with Gasteiger partial charge in [0.25, 0.3) is 0 Å². The zero-order valence-electron chi connectivity index (χ0n) is 19.2. The fourth-order valence-electron chi connectivity index (χ4n) is 2.71. The van der Waals surface area contributed by atoms with Gasteiger partial charge in [0.15, 0.2) is 0 Å². The van der Waals surface area contributed by atoms with E-state index in [-0.39, 0.29) is 19.8 Å². The van der Waals surface area contributed by atoms with Gasteiger partial charge in [-0.2, -0.15) is 0 Å². The van der Waals surface area contributed by atoms with E-state index in [0.717, 1.165) is 16.7 Å². The molecule has 0 aromatic heterocycles. The number of methoxy groups -OCH3 is 1. The first-order chi connectivity index (χ1) is 15.8. The van der Waals surface area contributed by atoms with Gasteiger partial charge in [-0.15, -0.1) is 0 Å². The van der Waals surface area contributed by atoms with Crippen LogP contribution in [0.1, 0.15) is 30.5 Å². The van der Waals surface area contributed by atoms with Gasteiger partial charge in [-0.1, -0.05) is 68.4 Å². The Labute approximate surface area is 193 Å². The summed E-state index contributed by atoms with van der Waals surface area (Å²) in [5, 5.41) is 7.97. The van der Waals surface area contributed by atoms with Gasteiger partial charge in [0.2, 0.25) is 0 Å². The van der Waals surface area contributed by atoms with Crippen LogP contribution in [-0.4, -0.2) is 38.6 Å². The van der Waals surface area contributed by atoms with E-state index in [0.29, 0.717) is 13.1 Å². The van der Waals surface area contributed by atoms with E-state index < -0.39 is 23.7 Å². The molecule has 0 radical (unpaired) electrons. The normalized spacial score (nSPS) is 10.6. The predicted molar refractivity (Wildman–Crippen MR) is 122 cm³/mol. The third-order valence-electron chi connectivity index (χ3n) is 4.52. The van der Waals surface area contributed by atoms with Crippen LogP contribution in [0.4, 0.5) is 14.4 Å². The van der Waals surface area contributed by atoms with Crippen molar-refractivity contribution in [3.8, 4) is 0 Å². The zero-order chi connectivity index (χ0) is 24.1. The van der Waals surface area contributed by atoms with Crippen LogP contribution >= 0.6 is 0 Å². The number of hydrogen-bond donors (Lipinski definition) is 3. The van der Waals surface area contributed by atoms with E-state index in [9.17, 15) is 14.4 Å². The predicted octanol–water partition coefficient (Wildman–Crippen LogP) is 3.72. The number of nitrogens with one attached hydrogen (secondary N) is 3. The Kier molecular flexibility index (Phi) is 10.0. The van der Waals surface area contributed by atoms with E-state index in [1.165, 1.54) is 7.11 Å². The molecule has 178 valence electrons. The van der Waals surface area contributed by atoms with Crippen molar-refractivity contribution in [3.05, 3.63) is 71.3 Å². The molecule has 0 unspecified atom stereocenters. The Bertz CT molecular complexity index is 917. The third kappa shape index (κ3) is 10.4. The van der Waals surface area contributed by atoms with Crippen molar-refractivity contribution in [2.45, 2.75) is 33.5 Å². The largest absolute Gasteiger partial charge is 0.453 e. The average Bonchev–Trinajstić information content (AvgIpc) is 2.83. The molecular weight excluding hydrogens is 426 g/mol. The molecule has 0 fully saturated rings.